The van der Waals surface area contributed by atoms with Crippen molar-refractivity contribution in [1.82, 2.24) is 0 Å². The molecule has 0 amide bonds. The highest BCUT2D eigenvalue weighted by molar-refractivity contribution is 14.1. The smallest absolute Gasteiger partial charge is 0.138 e. The largest absolute Gasteiger partial charge is 0.397 e. The van der Waals surface area contributed by atoms with Crippen LogP contribution in [-0.4, -0.2) is 12.6 Å². The van der Waals surface area contributed by atoms with Crippen LogP contribution < -0.4 is 10.6 Å². The maximum Gasteiger partial charge on any atom is 0.138 e. The highest BCUT2D eigenvalue weighted by atomic mass is 127. The average molecular weight is 348 g/mol. The molecule has 1 aliphatic rings. The molecule has 2 rings (SSSR count). The van der Waals surface area contributed by atoms with Crippen LogP contribution in [0, 0.1) is 15.3 Å². The summed E-state index contributed by atoms with van der Waals surface area (Å²) in [5.41, 5.74) is 7.56. The van der Waals surface area contributed by atoms with Gasteiger partial charge < -0.3 is 10.6 Å². The summed E-state index contributed by atoms with van der Waals surface area (Å²) in [7, 11) is 0. The molecule has 1 fully saturated rings. The predicted molar refractivity (Wildman–Crippen MR) is 78.7 cm³/mol. The van der Waals surface area contributed by atoms with E-state index in [1.54, 1.807) is 12.1 Å². The molecule has 0 saturated heterocycles. The third-order valence-corrected chi connectivity index (χ3v) is 3.76. The fourth-order valence-electron chi connectivity index (χ4n) is 2.02. The van der Waals surface area contributed by atoms with Gasteiger partial charge in [0, 0.05) is 18.7 Å². The van der Waals surface area contributed by atoms with E-state index in [-0.39, 0.29) is 5.82 Å². The number of halogens is 2. The first-order valence-electron chi connectivity index (χ1n) is 6.00. The minimum Gasteiger partial charge on any atom is -0.397 e. The van der Waals surface area contributed by atoms with Crippen molar-refractivity contribution in [3.8, 4) is 0 Å². The van der Waals surface area contributed by atoms with E-state index < -0.39 is 0 Å². The number of hydrogen-bond donors (Lipinski definition) is 1. The topological polar surface area (TPSA) is 29.3 Å². The second-order valence-electron chi connectivity index (χ2n) is 5.10. The highest BCUT2D eigenvalue weighted by Gasteiger charge is 2.31. The molecule has 0 atom stereocenters. The lowest BCUT2D eigenvalue weighted by Gasteiger charge is -2.28. The van der Waals surface area contributed by atoms with E-state index in [2.05, 4.69) is 18.7 Å². The van der Waals surface area contributed by atoms with Gasteiger partial charge in [-0.1, -0.05) is 13.8 Å². The number of anilines is 2. The Morgan fingerprint density at radius 1 is 1.47 bits per heavy atom. The van der Waals surface area contributed by atoms with E-state index in [0.29, 0.717) is 21.2 Å². The fraction of sp³-hybridized carbons (Fsp3) is 0.538. The quantitative estimate of drug-likeness (QED) is 0.665. The molecule has 1 aliphatic carbocycles. The number of benzene rings is 1. The predicted octanol–water partition coefficient (Wildman–Crippen LogP) is 3.64. The Morgan fingerprint density at radius 3 is 2.65 bits per heavy atom. The highest BCUT2D eigenvalue weighted by Crippen LogP contribution is 2.36. The van der Waals surface area contributed by atoms with Crippen molar-refractivity contribution < 1.29 is 4.39 Å². The molecule has 2 nitrogen and oxygen atoms in total. The summed E-state index contributed by atoms with van der Waals surface area (Å²) in [6, 6.07) is 3.86. The molecular formula is C13H18FIN2. The van der Waals surface area contributed by atoms with Crippen LogP contribution in [0.5, 0.6) is 0 Å². The van der Waals surface area contributed by atoms with Crippen molar-refractivity contribution in [2.24, 2.45) is 5.92 Å². The summed E-state index contributed by atoms with van der Waals surface area (Å²) in [5, 5.41) is 0. The fourth-order valence-corrected chi connectivity index (χ4v) is 2.52. The standard InChI is InChI=1S/C13H18FIN2/c1-8(2)7-17(9-3-4-9)13-5-10(14)11(15)6-12(13)16/h5-6,8-9H,3-4,7,16H2,1-2H3. The summed E-state index contributed by atoms with van der Waals surface area (Å²) >= 11 is 1.97. The summed E-state index contributed by atoms with van der Waals surface area (Å²) in [6.45, 7) is 5.29. The minimum atomic E-state index is -0.177. The zero-order valence-corrected chi connectivity index (χ0v) is 12.4. The van der Waals surface area contributed by atoms with Crippen LogP contribution in [0.4, 0.5) is 15.8 Å². The molecule has 1 saturated carbocycles. The molecule has 1 aromatic carbocycles. The molecule has 0 bridgehead atoms. The molecule has 0 unspecified atom stereocenters. The van der Waals surface area contributed by atoms with E-state index in [0.717, 1.165) is 12.2 Å². The van der Waals surface area contributed by atoms with Crippen LogP contribution in [0.15, 0.2) is 12.1 Å². The van der Waals surface area contributed by atoms with Gasteiger partial charge in [-0.25, -0.2) is 4.39 Å². The zero-order chi connectivity index (χ0) is 12.6. The van der Waals surface area contributed by atoms with Crippen molar-refractivity contribution in [1.29, 1.82) is 0 Å². The molecule has 94 valence electrons. The van der Waals surface area contributed by atoms with Gasteiger partial charge in [0.1, 0.15) is 5.82 Å². The summed E-state index contributed by atoms with van der Waals surface area (Å²) in [5.74, 6) is 0.376. The molecule has 4 heteroatoms. The number of nitrogens with two attached hydrogens (primary N) is 1. The SMILES string of the molecule is CC(C)CN(c1cc(F)c(I)cc1N)C1CC1. The van der Waals surface area contributed by atoms with Gasteiger partial charge in [-0.15, -0.1) is 0 Å². The average Bonchev–Trinajstić information content (AvgIpc) is 3.04. The van der Waals surface area contributed by atoms with E-state index in [9.17, 15) is 4.39 Å². The maximum atomic E-state index is 13.7. The van der Waals surface area contributed by atoms with Gasteiger partial charge in [-0.3, -0.25) is 0 Å². The van der Waals surface area contributed by atoms with Crippen LogP contribution in [0.1, 0.15) is 26.7 Å². The van der Waals surface area contributed by atoms with Crippen molar-refractivity contribution in [3.63, 3.8) is 0 Å². The molecule has 1 aromatic rings. The Kier molecular flexibility index (Phi) is 3.80. The molecule has 0 spiro atoms. The van der Waals surface area contributed by atoms with Crippen LogP contribution in [0.25, 0.3) is 0 Å². The molecular weight excluding hydrogens is 330 g/mol. The van der Waals surface area contributed by atoms with E-state index in [1.165, 1.54) is 12.8 Å². The van der Waals surface area contributed by atoms with Gasteiger partial charge >= 0.3 is 0 Å². The Hall–Kier alpha value is -0.520. The van der Waals surface area contributed by atoms with Crippen molar-refractivity contribution in [2.75, 3.05) is 17.2 Å². The first-order valence-corrected chi connectivity index (χ1v) is 7.08. The van der Waals surface area contributed by atoms with E-state index >= 15 is 0 Å². The molecule has 0 aliphatic heterocycles. The van der Waals surface area contributed by atoms with Crippen LogP contribution in [-0.2, 0) is 0 Å². The molecule has 0 heterocycles. The lowest BCUT2D eigenvalue weighted by Crippen LogP contribution is -2.30. The Bertz CT molecular complexity index is 416. The van der Waals surface area contributed by atoms with Crippen LogP contribution in [0.2, 0.25) is 0 Å². The Labute approximate surface area is 116 Å². The Morgan fingerprint density at radius 2 is 2.12 bits per heavy atom. The summed E-state index contributed by atoms with van der Waals surface area (Å²) in [6.07, 6.45) is 2.39. The summed E-state index contributed by atoms with van der Waals surface area (Å²) < 4.78 is 14.2. The minimum absolute atomic E-state index is 0.177. The van der Waals surface area contributed by atoms with Gasteiger partial charge in [-0.2, -0.15) is 0 Å². The van der Waals surface area contributed by atoms with Gasteiger partial charge in [0.15, 0.2) is 0 Å². The maximum absolute atomic E-state index is 13.7. The normalized spacial score (nSPS) is 15.4. The Balaban J connectivity index is 2.31. The second kappa shape index (κ2) is 5.00. The van der Waals surface area contributed by atoms with Crippen LogP contribution in [0.3, 0.4) is 0 Å². The first kappa shape index (κ1) is 12.9. The van der Waals surface area contributed by atoms with Gasteiger partial charge in [0.05, 0.1) is 14.9 Å². The number of nitrogen functional groups attached to an aromatic ring is 1. The summed E-state index contributed by atoms with van der Waals surface area (Å²) in [4.78, 5) is 2.26. The third-order valence-electron chi connectivity index (χ3n) is 2.93. The monoisotopic (exact) mass is 348 g/mol. The lowest BCUT2D eigenvalue weighted by molar-refractivity contribution is 0.598. The van der Waals surface area contributed by atoms with Crippen LogP contribution >= 0.6 is 22.6 Å². The van der Waals surface area contributed by atoms with Gasteiger partial charge in [0.2, 0.25) is 0 Å². The van der Waals surface area contributed by atoms with Crippen molar-refractivity contribution in [2.45, 2.75) is 32.7 Å². The molecule has 17 heavy (non-hydrogen) atoms. The third kappa shape index (κ3) is 3.03. The molecule has 2 N–H and O–H groups in total. The molecule has 0 radical (unpaired) electrons. The van der Waals surface area contributed by atoms with Crippen molar-refractivity contribution in [3.05, 3.63) is 21.5 Å². The lowest BCUT2D eigenvalue weighted by atomic mass is 10.1. The van der Waals surface area contributed by atoms with E-state index in [4.69, 9.17) is 5.73 Å². The number of nitrogens with zero attached hydrogens (tertiary/aromatic N) is 1. The first-order chi connectivity index (χ1) is 7.99. The van der Waals surface area contributed by atoms with E-state index in [1.807, 2.05) is 22.6 Å². The molecule has 0 aromatic heterocycles. The van der Waals surface area contributed by atoms with Gasteiger partial charge in [-0.05, 0) is 47.4 Å². The van der Waals surface area contributed by atoms with Crippen molar-refractivity contribution >= 4 is 34.0 Å². The zero-order valence-electron chi connectivity index (χ0n) is 10.2. The number of hydrogen-bond acceptors (Lipinski definition) is 2. The van der Waals surface area contributed by atoms with Gasteiger partial charge in [0.25, 0.3) is 0 Å². The second-order valence-corrected chi connectivity index (χ2v) is 6.26. The number of rotatable bonds is 4.